The van der Waals surface area contributed by atoms with Gasteiger partial charge in [-0.15, -0.1) is 0 Å². The molecule has 1 aromatic carbocycles. The van der Waals surface area contributed by atoms with Crippen molar-refractivity contribution < 1.29 is 9.84 Å². The van der Waals surface area contributed by atoms with Crippen LogP contribution in [-0.4, -0.2) is 17.3 Å². The van der Waals surface area contributed by atoms with Crippen LogP contribution in [0.3, 0.4) is 0 Å². The van der Waals surface area contributed by atoms with Crippen LogP contribution in [0.25, 0.3) is 0 Å². The third-order valence-electron chi connectivity index (χ3n) is 1.29. The number of phenolic OH excluding ortho intramolecular Hbond substituents is 1. The number of benzene rings is 1. The highest BCUT2D eigenvalue weighted by Crippen LogP contribution is 2.10. The normalized spacial score (nSPS) is 9.18. The van der Waals surface area contributed by atoms with Crippen molar-refractivity contribution in [1.29, 1.82) is 0 Å². The molecule has 11 heavy (non-hydrogen) atoms. The fourth-order valence-corrected chi connectivity index (χ4v) is 0.851. The Kier molecular flexibility index (Phi) is 2.44. The van der Waals surface area contributed by atoms with Gasteiger partial charge in [0.2, 0.25) is 0 Å². The van der Waals surface area contributed by atoms with Gasteiger partial charge < -0.3 is 9.84 Å². The molecule has 0 aliphatic carbocycles. The molecule has 1 rings (SSSR count). The van der Waals surface area contributed by atoms with E-state index in [1.807, 2.05) is 0 Å². The minimum Gasteiger partial charge on any atom is -0.508 e. The number of phenols is 1. The zero-order valence-electron chi connectivity index (χ0n) is 6.07. The van der Waals surface area contributed by atoms with Gasteiger partial charge in [-0.3, -0.25) is 0 Å². The third kappa shape index (κ3) is 1.91. The van der Waals surface area contributed by atoms with Crippen molar-refractivity contribution in [3.63, 3.8) is 0 Å². The van der Waals surface area contributed by atoms with E-state index in [1.54, 1.807) is 24.3 Å². The molecule has 0 saturated carbocycles. The topological polar surface area (TPSA) is 29.5 Å². The molecule has 1 N–H and O–H groups in total. The second kappa shape index (κ2) is 3.34. The van der Waals surface area contributed by atoms with Crippen LogP contribution in [-0.2, 0) is 4.74 Å². The Bertz CT molecular complexity index is 253. The molecule has 0 unspecified atom stereocenters. The first-order chi connectivity index (χ1) is 5.24. The molecular formula is C8H8O2S. The molecule has 0 heterocycles. The Morgan fingerprint density at radius 1 is 1.36 bits per heavy atom. The second-order valence-electron chi connectivity index (χ2n) is 2.04. The van der Waals surface area contributed by atoms with Crippen LogP contribution in [0, 0.1) is 0 Å². The summed E-state index contributed by atoms with van der Waals surface area (Å²) < 4.78 is 4.83. The fraction of sp³-hybridized carbons (Fsp3) is 0.125. The molecule has 0 spiro atoms. The number of thiocarbonyl (C=S) groups is 1. The molecule has 0 bridgehead atoms. The standard InChI is InChI=1S/C8H8O2S/c1-10-8(11)6-2-4-7(9)5-3-6/h2-5,9H,1H3. The van der Waals surface area contributed by atoms with Gasteiger partial charge in [-0.2, -0.15) is 0 Å². The van der Waals surface area contributed by atoms with E-state index in [0.717, 1.165) is 5.56 Å². The summed E-state index contributed by atoms with van der Waals surface area (Å²) in [5.41, 5.74) is 0.806. The summed E-state index contributed by atoms with van der Waals surface area (Å²) in [5, 5.41) is 9.36. The lowest BCUT2D eigenvalue weighted by atomic mass is 10.2. The maximum absolute atomic E-state index is 8.93. The van der Waals surface area contributed by atoms with E-state index < -0.39 is 0 Å². The molecule has 1 aromatic rings. The largest absolute Gasteiger partial charge is 0.508 e. The quantitative estimate of drug-likeness (QED) is 0.647. The Labute approximate surface area is 70.4 Å². The van der Waals surface area contributed by atoms with Crippen molar-refractivity contribution in [2.24, 2.45) is 0 Å². The SMILES string of the molecule is COC(=S)c1ccc(O)cc1. The molecule has 0 radical (unpaired) electrons. The van der Waals surface area contributed by atoms with Crippen LogP contribution in [0.4, 0.5) is 0 Å². The number of rotatable bonds is 1. The van der Waals surface area contributed by atoms with Gasteiger partial charge in [0.15, 0.2) is 5.05 Å². The average Bonchev–Trinajstić information content (AvgIpc) is 2.05. The van der Waals surface area contributed by atoms with Crippen LogP contribution in [0.15, 0.2) is 24.3 Å². The van der Waals surface area contributed by atoms with Gasteiger partial charge in [0.1, 0.15) is 5.75 Å². The van der Waals surface area contributed by atoms with Crippen molar-refractivity contribution in [1.82, 2.24) is 0 Å². The fourth-order valence-electron chi connectivity index (χ4n) is 0.715. The Morgan fingerprint density at radius 2 is 1.91 bits per heavy atom. The Hall–Kier alpha value is -1.09. The van der Waals surface area contributed by atoms with Gasteiger partial charge in [0.05, 0.1) is 7.11 Å². The predicted molar refractivity (Wildman–Crippen MR) is 46.8 cm³/mol. The lowest BCUT2D eigenvalue weighted by Gasteiger charge is -2.00. The highest BCUT2D eigenvalue weighted by molar-refractivity contribution is 7.80. The van der Waals surface area contributed by atoms with E-state index in [1.165, 1.54) is 7.11 Å². The van der Waals surface area contributed by atoms with Crippen molar-refractivity contribution in [3.8, 4) is 5.75 Å². The maximum Gasteiger partial charge on any atom is 0.190 e. The van der Waals surface area contributed by atoms with E-state index in [4.69, 9.17) is 22.1 Å². The van der Waals surface area contributed by atoms with E-state index >= 15 is 0 Å². The Morgan fingerprint density at radius 3 is 2.36 bits per heavy atom. The van der Waals surface area contributed by atoms with E-state index in [-0.39, 0.29) is 5.75 Å². The van der Waals surface area contributed by atoms with Gasteiger partial charge in [-0.1, -0.05) is 0 Å². The lowest BCUT2D eigenvalue weighted by molar-refractivity contribution is 0.416. The molecular weight excluding hydrogens is 160 g/mol. The minimum atomic E-state index is 0.229. The van der Waals surface area contributed by atoms with Crippen molar-refractivity contribution >= 4 is 17.3 Å². The van der Waals surface area contributed by atoms with E-state index in [2.05, 4.69) is 0 Å². The number of ether oxygens (including phenoxy) is 1. The molecule has 0 amide bonds. The van der Waals surface area contributed by atoms with Gasteiger partial charge in [0, 0.05) is 5.56 Å². The number of hydrogen-bond donors (Lipinski definition) is 1. The van der Waals surface area contributed by atoms with Crippen LogP contribution in [0.2, 0.25) is 0 Å². The molecule has 3 heteroatoms. The maximum atomic E-state index is 8.93. The first-order valence-electron chi connectivity index (χ1n) is 3.11. The monoisotopic (exact) mass is 168 g/mol. The zero-order valence-corrected chi connectivity index (χ0v) is 6.89. The average molecular weight is 168 g/mol. The Balaban J connectivity index is 2.90. The van der Waals surface area contributed by atoms with Gasteiger partial charge >= 0.3 is 0 Å². The lowest BCUT2D eigenvalue weighted by Crippen LogP contribution is -1.97. The summed E-state index contributed by atoms with van der Waals surface area (Å²) >= 11 is 4.86. The van der Waals surface area contributed by atoms with Crippen molar-refractivity contribution in [2.75, 3.05) is 7.11 Å². The third-order valence-corrected chi connectivity index (χ3v) is 1.69. The van der Waals surface area contributed by atoms with Crippen LogP contribution < -0.4 is 0 Å². The first-order valence-corrected chi connectivity index (χ1v) is 3.52. The highest BCUT2D eigenvalue weighted by atomic mass is 32.1. The van der Waals surface area contributed by atoms with Crippen molar-refractivity contribution in [2.45, 2.75) is 0 Å². The molecule has 2 nitrogen and oxygen atoms in total. The zero-order chi connectivity index (χ0) is 8.27. The van der Waals surface area contributed by atoms with Crippen LogP contribution >= 0.6 is 12.2 Å². The molecule has 0 aromatic heterocycles. The second-order valence-corrected chi connectivity index (χ2v) is 2.41. The molecule has 58 valence electrons. The minimum absolute atomic E-state index is 0.229. The molecule has 0 aliphatic rings. The smallest absolute Gasteiger partial charge is 0.190 e. The molecule has 0 aliphatic heterocycles. The summed E-state index contributed by atoms with van der Waals surface area (Å²) in [6, 6.07) is 6.56. The summed E-state index contributed by atoms with van der Waals surface area (Å²) in [7, 11) is 1.52. The number of hydrogen-bond acceptors (Lipinski definition) is 3. The first kappa shape index (κ1) is 8.01. The number of aromatic hydroxyl groups is 1. The molecule has 0 atom stereocenters. The van der Waals surface area contributed by atoms with Gasteiger partial charge in [-0.05, 0) is 36.5 Å². The van der Waals surface area contributed by atoms with Crippen LogP contribution in [0.1, 0.15) is 5.56 Å². The highest BCUT2D eigenvalue weighted by Gasteiger charge is 1.98. The van der Waals surface area contributed by atoms with Gasteiger partial charge in [-0.25, -0.2) is 0 Å². The number of methoxy groups -OCH3 is 1. The van der Waals surface area contributed by atoms with Crippen molar-refractivity contribution in [3.05, 3.63) is 29.8 Å². The van der Waals surface area contributed by atoms with E-state index in [0.29, 0.717) is 5.05 Å². The van der Waals surface area contributed by atoms with E-state index in [9.17, 15) is 0 Å². The van der Waals surface area contributed by atoms with Crippen LogP contribution in [0.5, 0.6) is 5.75 Å². The predicted octanol–water partition coefficient (Wildman–Crippen LogP) is 1.71. The summed E-state index contributed by atoms with van der Waals surface area (Å²) in [6.45, 7) is 0. The summed E-state index contributed by atoms with van der Waals surface area (Å²) in [5.74, 6) is 0.229. The summed E-state index contributed by atoms with van der Waals surface area (Å²) in [6.07, 6.45) is 0. The molecule has 0 fully saturated rings. The van der Waals surface area contributed by atoms with Gasteiger partial charge in [0.25, 0.3) is 0 Å². The molecule has 0 saturated heterocycles. The summed E-state index contributed by atoms with van der Waals surface area (Å²) in [4.78, 5) is 0.